The molecule has 3 unspecified atom stereocenters. The van der Waals surface area contributed by atoms with Crippen molar-refractivity contribution in [3.63, 3.8) is 0 Å². The Hall–Kier alpha value is -1.59. The summed E-state index contributed by atoms with van der Waals surface area (Å²) >= 11 is 0. The number of carbonyl (C=O) groups is 3. The van der Waals surface area contributed by atoms with Gasteiger partial charge in [-0.2, -0.15) is 0 Å². The molecule has 0 bridgehead atoms. The molecule has 0 saturated heterocycles. The molecule has 1 saturated carbocycles. The number of hydrogen-bond acceptors (Lipinski definition) is 4. The largest absolute Gasteiger partial charge is 0.446 e. The predicted octanol–water partition coefficient (Wildman–Crippen LogP) is 5.00. The minimum atomic E-state index is -0.576. The molecule has 30 heavy (non-hydrogen) atoms. The first kappa shape index (κ1) is 26.4. The van der Waals surface area contributed by atoms with Gasteiger partial charge in [0.05, 0.1) is 6.04 Å². The van der Waals surface area contributed by atoms with Gasteiger partial charge in [-0.3, -0.25) is 9.59 Å². The summed E-state index contributed by atoms with van der Waals surface area (Å²) in [7, 11) is 0. The van der Waals surface area contributed by atoms with Crippen molar-refractivity contribution in [1.29, 1.82) is 0 Å². The molecule has 0 heterocycles. The maximum atomic E-state index is 13.3. The summed E-state index contributed by atoms with van der Waals surface area (Å²) in [5, 5.41) is 5.82. The number of nitrogens with one attached hydrogen (secondary N) is 2. The summed E-state index contributed by atoms with van der Waals surface area (Å²) in [5.41, 5.74) is 0. The fraction of sp³-hybridized carbons (Fsp3) is 0.875. The summed E-state index contributed by atoms with van der Waals surface area (Å²) in [6.45, 7) is 11.8. The number of hydrogen-bond donors (Lipinski definition) is 2. The van der Waals surface area contributed by atoms with E-state index in [1.165, 1.54) is 6.42 Å². The number of alkyl carbamates (subject to hydrolysis) is 1. The quantitative estimate of drug-likeness (QED) is 0.462. The van der Waals surface area contributed by atoms with Crippen molar-refractivity contribution in [2.24, 2.45) is 17.8 Å². The lowest BCUT2D eigenvalue weighted by Crippen LogP contribution is -2.49. The second kappa shape index (κ2) is 13.7. The van der Waals surface area contributed by atoms with Crippen LogP contribution in [0.2, 0.25) is 0 Å². The molecule has 1 aliphatic rings. The molecule has 1 rings (SSSR count). The van der Waals surface area contributed by atoms with E-state index in [0.717, 1.165) is 38.5 Å². The van der Waals surface area contributed by atoms with E-state index >= 15 is 0 Å². The van der Waals surface area contributed by atoms with Crippen LogP contribution in [0.25, 0.3) is 0 Å². The van der Waals surface area contributed by atoms with Gasteiger partial charge in [-0.05, 0) is 51.9 Å². The van der Waals surface area contributed by atoms with Crippen LogP contribution in [0.5, 0.6) is 0 Å². The van der Waals surface area contributed by atoms with Crippen LogP contribution in [0.15, 0.2) is 0 Å². The number of ketones is 1. The number of Topliss-reactive ketones (excluding diaryl/α,β-unsaturated/α-hetero) is 1. The van der Waals surface area contributed by atoms with Gasteiger partial charge in [0.15, 0.2) is 5.78 Å². The van der Waals surface area contributed by atoms with Gasteiger partial charge in [-0.1, -0.05) is 52.9 Å². The summed E-state index contributed by atoms with van der Waals surface area (Å²) in [5.74, 6) is -0.134. The standard InChI is InChI=1S/C24H44N2O4/c1-7-8-12-20(23(28)25-17(4)5)15-21(27)22(19-13-10-9-11-14-19)26-24(29)30-18(6)16(2)3/h16-20,22H,7-15H2,1-6H3,(H,25,28)(H,26,29). The molecule has 2 N–H and O–H groups in total. The van der Waals surface area contributed by atoms with Crippen molar-refractivity contribution in [3.8, 4) is 0 Å². The van der Waals surface area contributed by atoms with Crippen molar-refractivity contribution >= 4 is 17.8 Å². The monoisotopic (exact) mass is 424 g/mol. The number of amides is 2. The van der Waals surface area contributed by atoms with E-state index in [2.05, 4.69) is 17.6 Å². The highest BCUT2D eigenvalue weighted by atomic mass is 16.6. The average molecular weight is 425 g/mol. The van der Waals surface area contributed by atoms with Gasteiger partial charge in [0.2, 0.25) is 5.91 Å². The lowest BCUT2D eigenvalue weighted by molar-refractivity contribution is -0.131. The van der Waals surface area contributed by atoms with Crippen molar-refractivity contribution in [2.45, 2.75) is 118 Å². The molecule has 0 aromatic carbocycles. The maximum absolute atomic E-state index is 13.3. The van der Waals surface area contributed by atoms with E-state index in [4.69, 9.17) is 4.74 Å². The first-order chi connectivity index (χ1) is 14.1. The van der Waals surface area contributed by atoms with Gasteiger partial charge in [0, 0.05) is 18.4 Å². The number of unbranched alkanes of at least 4 members (excludes halogenated alkanes) is 1. The lowest BCUT2D eigenvalue weighted by Gasteiger charge is -2.31. The van der Waals surface area contributed by atoms with Crippen molar-refractivity contribution in [1.82, 2.24) is 10.6 Å². The Balaban J connectivity index is 2.89. The highest BCUT2D eigenvalue weighted by Gasteiger charge is 2.34. The first-order valence-corrected chi connectivity index (χ1v) is 12.0. The average Bonchev–Trinajstić information content (AvgIpc) is 2.69. The van der Waals surface area contributed by atoms with Gasteiger partial charge in [0.25, 0.3) is 0 Å². The molecule has 3 atom stereocenters. The van der Waals surface area contributed by atoms with Crippen LogP contribution in [0, 0.1) is 17.8 Å². The van der Waals surface area contributed by atoms with Crippen LogP contribution in [0.4, 0.5) is 4.79 Å². The fourth-order valence-electron chi connectivity index (χ4n) is 3.94. The van der Waals surface area contributed by atoms with E-state index in [1.807, 2.05) is 34.6 Å². The molecular weight excluding hydrogens is 380 g/mol. The molecular formula is C24H44N2O4. The number of carbonyl (C=O) groups excluding carboxylic acids is 3. The van der Waals surface area contributed by atoms with E-state index in [9.17, 15) is 14.4 Å². The maximum Gasteiger partial charge on any atom is 0.408 e. The smallest absolute Gasteiger partial charge is 0.408 e. The Bertz CT molecular complexity index is 541. The second-order valence-electron chi connectivity index (χ2n) is 9.55. The van der Waals surface area contributed by atoms with Gasteiger partial charge in [0.1, 0.15) is 6.10 Å². The van der Waals surface area contributed by atoms with Crippen LogP contribution in [-0.2, 0) is 14.3 Å². The van der Waals surface area contributed by atoms with Gasteiger partial charge >= 0.3 is 6.09 Å². The molecule has 1 fully saturated rings. The number of rotatable bonds is 12. The Kier molecular flexibility index (Phi) is 12.0. The Morgan fingerprint density at radius 1 is 0.967 bits per heavy atom. The van der Waals surface area contributed by atoms with Crippen LogP contribution in [0.3, 0.4) is 0 Å². The van der Waals surface area contributed by atoms with E-state index in [-0.39, 0.29) is 48.0 Å². The normalized spacial score (nSPS) is 18.0. The summed E-state index contributed by atoms with van der Waals surface area (Å²) in [6.07, 6.45) is 7.14. The molecule has 6 heteroatoms. The fourth-order valence-corrected chi connectivity index (χ4v) is 3.94. The van der Waals surface area contributed by atoms with Crippen molar-refractivity contribution < 1.29 is 19.1 Å². The summed E-state index contributed by atoms with van der Waals surface area (Å²) in [6, 6.07) is -0.537. The topological polar surface area (TPSA) is 84.5 Å². The molecule has 1 aliphatic carbocycles. The van der Waals surface area contributed by atoms with Gasteiger partial charge in [-0.25, -0.2) is 4.79 Å². The third-order valence-electron chi connectivity index (χ3n) is 6.13. The van der Waals surface area contributed by atoms with E-state index in [1.54, 1.807) is 0 Å². The van der Waals surface area contributed by atoms with Crippen LogP contribution < -0.4 is 10.6 Å². The molecule has 2 amide bonds. The zero-order valence-corrected chi connectivity index (χ0v) is 20.0. The molecule has 0 aliphatic heterocycles. The van der Waals surface area contributed by atoms with Crippen molar-refractivity contribution in [2.75, 3.05) is 0 Å². The number of ether oxygens (including phenoxy) is 1. The highest BCUT2D eigenvalue weighted by Crippen LogP contribution is 2.29. The van der Waals surface area contributed by atoms with Crippen LogP contribution in [-0.4, -0.2) is 36.0 Å². The molecule has 0 aromatic heterocycles. The third-order valence-corrected chi connectivity index (χ3v) is 6.13. The zero-order valence-electron chi connectivity index (χ0n) is 20.0. The molecule has 174 valence electrons. The molecule has 0 spiro atoms. The van der Waals surface area contributed by atoms with Crippen LogP contribution in [0.1, 0.15) is 99.3 Å². The van der Waals surface area contributed by atoms with Crippen LogP contribution >= 0.6 is 0 Å². The first-order valence-electron chi connectivity index (χ1n) is 12.0. The molecule has 6 nitrogen and oxygen atoms in total. The van der Waals surface area contributed by atoms with Gasteiger partial charge < -0.3 is 15.4 Å². The third kappa shape index (κ3) is 9.48. The zero-order chi connectivity index (χ0) is 22.7. The highest BCUT2D eigenvalue weighted by molar-refractivity contribution is 5.91. The molecule has 0 aromatic rings. The van der Waals surface area contributed by atoms with Gasteiger partial charge in [-0.15, -0.1) is 0 Å². The predicted molar refractivity (Wildman–Crippen MR) is 120 cm³/mol. The van der Waals surface area contributed by atoms with E-state index < -0.39 is 12.1 Å². The lowest BCUT2D eigenvalue weighted by atomic mass is 9.80. The second-order valence-corrected chi connectivity index (χ2v) is 9.55. The SMILES string of the molecule is CCCCC(CC(=O)C(NC(=O)OC(C)C(C)C)C1CCCCC1)C(=O)NC(C)C. The minimum Gasteiger partial charge on any atom is -0.446 e. The summed E-state index contributed by atoms with van der Waals surface area (Å²) < 4.78 is 5.47. The Morgan fingerprint density at radius 3 is 2.13 bits per heavy atom. The van der Waals surface area contributed by atoms with Crippen molar-refractivity contribution in [3.05, 3.63) is 0 Å². The van der Waals surface area contributed by atoms with E-state index in [0.29, 0.717) is 6.42 Å². The molecule has 0 radical (unpaired) electrons. The minimum absolute atomic E-state index is 0.0384. The summed E-state index contributed by atoms with van der Waals surface area (Å²) in [4.78, 5) is 38.5. The Labute approximate surface area is 183 Å². The Morgan fingerprint density at radius 2 is 1.60 bits per heavy atom.